The summed E-state index contributed by atoms with van der Waals surface area (Å²) in [7, 11) is 0. The van der Waals surface area contributed by atoms with Gasteiger partial charge in [-0.15, -0.1) is 0 Å². The molecule has 0 bridgehead atoms. The summed E-state index contributed by atoms with van der Waals surface area (Å²) in [6, 6.07) is 0. The molecule has 0 spiro atoms. The number of hydrogen-bond acceptors (Lipinski definition) is 0. The van der Waals surface area contributed by atoms with Crippen LogP contribution in [0.15, 0.2) is 0 Å². The van der Waals surface area contributed by atoms with E-state index in [2.05, 4.69) is 0 Å². The van der Waals surface area contributed by atoms with Crippen LogP contribution in [-0.4, -0.2) is 18.5 Å². The zero-order chi connectivity index (χ0) is 11.9. The van der Waals surface area contributed by atoms with Crippen molar-refractivity contribution in [1.82, 2.24) is 0 Å². The molecule has 0 amide bonds. The van der Waals surface area contributed by atoms with Crippen LogP contribution in [0.3, 0.4) is 0 Å². The Hall–Kier alpha value is -0.350. The zero-order valence-electron chi connectivity index (χ0n) is 8.84. The lowest BCUT2D eigenvalue weighted by molar-refractivity contribution is -0.218. The van der Waals surface area contributed by atoms with Gasteiger partial charge in [0.15, 0.2) is 6.67 Å². The van der Waals surface area contributed by atoms with E-state index in [9.17, 15) is 22.0 Å². The highest BCUT2D eigenvalue weighted by Crippen LogP contribution is 2.38. The van der Waals surface area contributed by atoms with Crippen molar-refractivity contribution in [2.45, 2.75) is 57.3 Å². The van der Waals surface area contributed by atoms with Crippen LogP contribution in [0, 0.1) is 0 Å². The summed E-state index contributed by atoms with van der Waals surface area (Å²) in [5.74, 6) is -8.73. The molecular formula is C10H17F5. The quantitative estimate of drug-likeness (QED) is 0.424. The number of unbranched alkanes of at least 4 members (excludes halogenated alkanes) is 4. The van der Waals surface area contributed by atoms with Gasteiger partial charge in [-0.25, -0.2) is 4.39 Å². The Bertz CT molecular complexity index is 167. The normalized spacial score (nSPS) is 13.2. The summed E-state index contributed by atoms with van der Waals surface area (Å²) in [4.78, 5) is 0. The molecule has 5 heteroatoms. The van der Waals surface area contributed by atoms with E-state index in [0.29, 0.717) is 6.42 Å². The minimum Gasteiger partial charge on any atom is -0.244 e. The number of rotatable bonds is 8. The number of alkyl halides is 5. The van der Waals surface area contributed by atoms with E-state index in [-0.39, 0.29) is 6.42 Å². The average Bonchev–Trinajstić information content (AvgIpc) is 2.17. The van der Waals surface area contributed by atoms with Crippen molar-refractivity contribution in [1.29, 1.82) is 0 Å². The van der Waals surface area contributed by atoms with Crippen molar-refractivity contribution in [3.63, 3.8) is 0 Å². The van der Waals surface area contributed by atoms with Crippen LogP contribution in [0.25, 0.3) is 0 Å². The summed E-state index contributed by atoms with van der Waals surface area (Å²) in [5.41, 5.74) is 0. The van der Waals surface area contributed by atoms with E-state index in [4.69, 9.17) is 0 Å². The molecule has 0 nitrogen and oxygen atoms in total. The fraction of sp³-hybridized carbons (Fsp3) is 1.00. The maximum Gasteiger partial charge on any atom is 0.337 e. The molecule has 0 N–H and O–H groups in total. The Morgan fingerprint density at radius 1 is 0.800 bits per heavy atom. The van der Waals surface area contributed by atoms with Gasteiger partial charge in [0.1, 0.15) is 0 Å². The molecule has 0 aromatic heterocycles. The summed E-state index contributed by atoms with van der Waals surface area (Å²) in [6.45, 7) is -0.333. The highest BCUT2D eigenvalue weighted by Gasteiger charge is 2.55. The van der Waals surface area contributed by atoms with E-state index in [0.717, 1.165) is 19.3 Å². The summed E-state index contributed by atoms with van der Waals surface area (Å²) in [6.07, 6.45) is 2.19. The fourth-order valence-electron chi connectivity index (χ4n) is 1.23. The Morgan fingerprint density at radius 2 is 1.33 bits per heavy atom. The van der Waals surface area contributed by atoms with Gasteiger partial charge in [0.25, 0.3) is 0 Å². The van der Waals surface area contributed by atoms with E-state index >= 15 is 0 Å². The van der Waals surface area contributed by atoms with E-state index in [1.165, 1.54) is 0 Å². The van der Waals surface area contributed by atoms with Crippen LogP contribution >= 0.6 is 0 Å². The highest BCUT2D eigenvalue weighted by atomic mass is 19.3. The van der Waals surface area contributed by atoms with Crippen molar-refractivity contribution in [2.75, 3.05) is 6.67 Å². The van der Waals surface area contributed by atoms with Crippen molar-refractivity contribution in [3.8, 4) is 0 Å². The topological polar surface area (TPSA) is 0 Å². The lowest BCUT2D eigenvalue weighted by atomic mass is 10.0. The minimum atomic E-state index is -4.52. The van der Waals surface area contributed by atoms with Crippen molar-refractivity contribution in [2.24, 2.45) is 0 Å². The summed E-state index contributed by atoms with van der Waals surface area (Å²) >= 11 is 0. The molecule has 0 saturated carbocycles. The Morgan fingerprint density at radius 3 is 1.80 bits per heavy atom. The maximum atomic E-state index is 12.7. The van der Waals surface area contributed by atoms with Gasteiger partial charge in [-0.2, -0.15) is 17.6 Å². The molecule has 0 atom stereocenters. The van der Waals surface area contributed by atoms with Gasteiger partial charge in [0.2, 0.25) is 0 Å². The molecule has 0 fully saturated rings. The standard InChI is InChI=1S/C10H17F5/c1-2-3-4-5-6-7-9(12,13)10(14,15)8-11/h2-8H2,1H3. The average molecular weight is 232 g/mol. The lowest BCUT2D eigenvalue weighted by Gasteiger charge is -2.23. The molecule has 0 saturated heterocycles. The van der Waals surface area contributed by atoms with Gasteiger partial charge in [0, 0.05) is 6.42 Å². The van der Waals surface area contributed by atoms with Gasteiger partial charge < -0.3 is 0 Å². The second-order valence-corrected chi connectivity index (χ2v) is 3.71. The Labute approximate surface area is 86.9 Å². The molecule has 0 radical (unpaired) electrons. The lowest BCUT2D eigenvalue weighted by Crippen LogP contribution is -2.42. The first kappa shape index (κ1) is 14.6. The zero-order valence-corrected chi connectivity index (χ0v) is 8.84. The van der Waals surface area contributed by atoms with E-state index < -0.39 is 24.9 Å². The summed E-state index contributed by atoms with van der Waals surface area (Å²) in [5, 5.41) is 0. The van der Waals surface area contributed by atoms with Gasteiger partial charge >= 0.3 is 11.8 Å². The van der Waals surface area contributed by atoms with Gasteiger partial charge in [-0.1, -0.05) is 32.6 Å². The van der Waals surface area contributed by atoms with Gasteiger partial charge in [-0.05, 0) is 6.42 Å². The second-order valence-electron chi connectivity index (χ2n) is 3.71. The monoisotopic (exact) mass is 232 g/mol. The third-order valence-electron chi connectivity index (χ3n) is 2.30. The second kappa shape index (κ2) is 6.28. The van der Waals surface area contributed by atoms with Crippen LogP contribution in [-0.2, 0) is 0 Å². The van der Waals surface area contributed by atoms with Gasteiger partial charge in [0.05, 0.1) is 0 Å². The van der Waals surface area contributed by atoms with Crippen molar-refractivity contribution >= 4 is 0 Å². The molecule has 0 aromatic rings. The maximum absolute atomic E-state index is 12.7. The molecule has 15 heavy (non-hydrogen) atoms. The summed E-state index contributed by atoms with van der Waals surface area (Å²) < 4.78 is 61.9. The molecule has 0 aliphatic heterocycles. The third kappa shape index (κ3) is 4.80. The highest BCUT2D eigenvalue weighted by molar-refractivity contribution is 4.83. The SMILES string of the molecule is CCCCCCCC(F)(F)C(F)(F)CF. The molecule has 0 aromatic carbocycles. The first-order chi connectivity index (χ1) is 6.87. The van der Waals surface area contributed by atoms with Crippen LogP contribution in [0.2, 0.25) is 0 Å². The van der Waals surface area contributed by atoms with E-state index in [1.54, 1.807) is 0 Å². The molecule has 0 aliphatic rings. The minimum absolute atomic E-state index is 0.0165. The largest absolute Gasteiger partial charge is 0.337 e. The smallest absolute Gasteiger partial charge is 0.244 e. The van der Waals surface area contributed by atoms with Gasteiger partial charge in [-0.3, -0.25) is 0 Å². The van der Waals surface area contributed by atoms with Crippen LogP contribution < -0.4 is 0 Å². The van der Waals surface area contributed by atoms with Crippen LogP contribution in [0.4, 0.5) is 22.0 Å². The van der Waals surface area contributed by atoms with E-state index in [1.807, 2.05) is 6.92 Å². The predicted octanol–water partition coefficient (Wildman–Crippen LogP) is 4.59. The first-order valence-corrected chi connectivity index (χ1v) is 5.19. The molecule has 92 valence electrons. The Balaban J connectivity index is 3.84. The predicted molar refractivity (Wildman–Crippen MR) is 49.2 cm³/mol. The molecule has 0 unspecified atom stereocenters. The molecule has 0 aliphatic carbocycles. The fourth-order valence-corrected chi connectivity index (χ4v) is 1.23. The Kier molecular flexibility index (Phi) is 6.13. The molecule has 0 rings (SSSR count). The van der Waals surface area contributed by atoms with Crippen molar-refractivity contribution in [3.05, 3.63) is 0 Å². The number of halogens is 5. The third-order valence-corrected chi connectivity index (χ3v) is 2.30. The molecular weight excluding hydrogens is 215 g/mol. The first-order valence-electron chi connectivity index (χ1n) is 5.19. The van der Waals surface area contributed by atoms with Crippen molar-refractivity contribution < 1.29 is 22.0 Å². The van der Waals surface area contributed by atoms with Crippen LogP contribution in [0.1, 0.15) is 45.4 Å². The van der Waals surface area contributed by atoms with Crippen LogP contribution in [0.5, 0.6) is 0 Å². The number of hydrogen-bond donors (Lipinski definition) is 0. The molecule has 0 heterocycles.